The van der Waals surface area contributed by atoms with Gasteiger partial charge in [-0.15, -0.1) is 0 Å². The molecule has 0 amide bonds. The number of carbonyl (C=O) groups is 2. The van der Waals surface area contributed by atoms with E-state index in [4.69, 9.17) is 4.74 Å². The lowest BCUT2D eigenvalue weighted by Gasteiger charge is -2.15. The summed E-state index contributed by atoms with van der Waals surface area (Å²) in [5.74, 6) is -1.55. The van der Waals surface area contributed by atoms with Crippen molar-refractivity contribution in [2.45, 2.75) is 17.4 Å². The van der Waals surface area contributed by atoms with E-state index in [-0.39, 0.29) is 17.1 Å². The highest BCUT2D eigenvalue weighted by molar-refractivity contribution is 7.89. The SMILES string of the molecule is O=C(Oc1ccc(C[C@H](NS(=O)(=O)c2ccccc2)C(=O)O)cc1)c1ccccc1-c1ccccc1. The Morgan fingerprint density at radius 3 is 2.00 bits per heavy atom. The lowest BCUT2D eigenvalue weighted by atomic mass is 10.00. The number of carboxylic acids is 1. The van der Waals surface area contributed by atoms with Gasteiger partial charge < -0.3 is 9.84 Å². The van der Waals surface area contributed by atoms with Crippen molar-refractivity contribution in [1.29, 1.82) is 0 Å². The van der Waals surface area contributed by atoms with Crippen LogP contribution in [-0.4, -0.2) is 31.5 Å². The van der Waals surface area contributed by atoms with Crippen LogP contribution < -0.4 is 9.46 Å². The molecule has 0 radical (unpaired) electrons. The van der Waals surface area contributed by atoms with Gasteiger partial charge in [-0.2, -0.15) is 4.72 Å². The fraction of sp³-hybridized carbons (Fsp3) is 0.0714. The second-order valence-electron chi connectivity index (χ2n) is 7.97. The number of ether oxygens (including phenoxy) is 1. The molecule has 2 N–H and O–H groups in total. The molecule has 36 heavy (non-hydrogen) atoms. The zero-order valence-electron chi connectivity index (χ0n) is 19.1. The molecule has 182 valence electrons. The van der Waals surface area contributed by atoms with Crippen LogP contribution >= 0.6 is 0 Å². The highest BCUT2D eigenvalue weighted by atomic mass is 32.2. The molecule has 0 saturated heterocycles. The van der Waals surface area contributed by atoms with E-state index in [1.807, 2.05) is 42.5 Å². The number of hydrogen-bond donors (Lipinski definition) is 2. The highest BCUT2D eigenvalue weighted by Crippen LogP contribution is 2.25. The van der Waals surface area contributed by atoms with Crippen LogP contribution in [-0.2, 0) is 21.2 Å². The second-order valence-corrected chi connectivity index (χ2v) is 9.69. The van der Waals surface area contributed by atoms with E-state index >= 15 is 0 Å². The summed E-state index contributed by atoms with van der Waals surface area (Å²) < 4.78 is 32.9. The number of carboxylic acid groups (broad SMARTS) is 1. The summed E-state index contributed by atoms with van der Waals surface area (Å²) in [5.41, 5.74) is 2.60. The van der Waals surface area contributed by atoms with Crippen molar-refractivity contribution >= 4 is 22.0 Å². The smallest absolute Gasteiger partial charge is 0.344 e. The molecule has 0 aliphatic carbocycles. The van der Waals surface area contributed by atoms with Gasteiger partial charge in [-0.1, -0.05) is 78.9 Å². The van der Waals surface area contributed by atoms with E-state index in [0.717, 1.165) is 11.1 Å². The van der Waals surface area contributed by atoms with Gasteiger partial charge in [-0.25, -0.2) is 13.2 Å². The number of aliphatic carboxylic acids is 1. The van der Waals surface area contributed by atoms with E-state index in [0.29, 0.717) is 11.1 Å². The summed E-state index contributed by atoms with van der Waals surface area (Å²) in [6, 6.07) is 29.1. The topological polar surface area (TPSA) is 110 Å². The number of sulfonamides is 1. The monoisotopic (exact) mass is 501 g/mol. The maximum Gasteiger partial charge on any atom is 0.344 e. The largest absolute Gasteiger partial charge is 0.480 e. The van der Waals surface area contributed by atoms with Crippen molar-refractivity contribution in [1.82, 2.24) is 4.72 Å². The standard InChI is InChI=1S/C28H23NO6S/c30-27(31)26(29-36(33,34)23-11-5-2-6-12-23)19-20-15-17-22(18-16-20)35-28(32)25-14-8-7-13-24(25)21-9-3-1-4-10-21/h1-18,26,29H,19H2,(H,30,31)/t26-/m0/s1. The van der Waals surface area contributed by atoms with Gasteiger partial charge in [0.2, 0.25) is 10.0 Å². The molecule has 0 spiro atoms. The van der Waals surface area contributed by atoms with E-state index < -0.39 is 28.0 Å². The molecule has 4 aromatic carbocycles. The van der Waals surface area contributed by atoms with Crippen molar-refractivity contribution in [2.75, 3.05) is 0 Å². The third-order valence-corrected chi connectivity index (χ3v) is 6.94. The third-order valence-electron chi connectivity index (χ3n) is 5.45. The molecule has 0 bridgehead atoms. The number of carbonyl (C=O) groups excluding carboxylic acids is 1. The van der Waals surface area contributed by atoms with Gasteiger partial charge in [0, 0.05) is 0 Å². The van der Waals surface area contributed by atoms with E-state index in [2.05, 4.69) is 4.72 Å². The molecule has 0 heterocycles. The molecular weight excluding hydrogens is 478 g/mol. The van der Waals surface area contributed by atoms with Gasteiger partial charge in [-0.05, 0) is 53.4 Å². The molecule has 0 aromatic heterocycles. The Kier molecular flexibility index (Phi) is 7.58. The number of esters is 1. The van der Waals surface area contributed by atoms with Gasteiger partial charge in [0.25, 0.3) is 0 Å². The second kappa shape index (κ2) is 11.0. The highest BCUT2D eigenvalue weighted by Gasteiger charge is 2.25. The van der Waals surface area contributed by atoms with Crippen LogP contribution in [0.4, 0.5) is 0 Å². The summed E-state index contributed by atoms with van der Waals surface area (Å²) in [6.45, 7) is 0. The number of rotatable bonds is 9. The Hall–Kier alpha value is -4.27. The van der Waals surface area contributed by atoms with E-state index in [1.165, 1.54) is 12.1 Å². The molecule has 0 saturated carbocycles. The first-order chi connectivity index (χ1) is 17.3. The summed E-state index contributed by atoms with van der Waals surface area (Å²) >= 11 is 0. The Morgan fingerprint density at radius 1 is 0.778 bits per heavy atom. The van der Waals surface area contributed by atoms with Crippen molar-refractivity contribution in [2.24, 2.45) is 0 Å². The van der Waals surface area contributed by atoms with Crippen LogP contribution in [0.5, 0.6) is 5.75 Å². The van der Waals surface area contributed by atoms with Gasteiger partial charge in [0.15, 0.2) is 0 Å². The minimum Gasteiger partial charge on any atom is -0.480 e. The molecule has 8 heteroatoms. The van der Waals surface area contributed by atoms with E-state index in [9.17, 15) is 23.1 Å². The molecule has 0 aliphatic heterocycles. The van der Waals surface area contributed by atoms with Gasteiger partial charge in [0.05, 0.1) is 10.5 Å². The average molecular weight is 502 g/mol. The van der Waals surface area contributed by atoms with Crippen LogP contribution in [0.3, 0.4) is 0 Å². The molecular formula is C28H23NO6S. The lowest BCUT2D eigenvalue weighted by molar-refractivity contribution is -0.138. The van der Waals surface area contributed by atoms with Crippen molar-refractivity contribution < 1.29 is 27.9 Å². The maximum atomic E-state index is 12.9. The van der Waals surface area contributed by atoms with Crippen molar-refractivity contribution in [3.8, 4) is 16.9 Å². The average Bonchev–Trinajstić information content (AvgIpc) is 2.90. The summed E-state index contributed by atoms with van der Waals surface area (Å²) in [5, 5.41) is 9.57. The molecule has 0 unspecified atom stereocenters. The van der Waals surface area contributed by atoms with Gasteiger partial charge in [-0.3, -0.25) is 4.79 Å². The maximum absolute atomic E-state index is 12.9. The van der Waals surface area contributed by atoms with E-state index in [1.54, 1.807) is 54.6 Å². The third kappa shape index (κ3) is 6.04. The normalized spacial score (nSPS) is 12.0. The Labute approximate surface area is 209 Å². The fourth-order valence-corrected chi connectivity index (χ4v) is 4.87. The van der Waals surface area contributed by atoms with Crippen molar-refractivity contribution in [3.05, 3.63) is 120 Å². The van der Waals surface area contributed by atoms with Crippen LogP contribution in [0, 0.1) is 0 Å². The predicted molar refractivity (Wildman–Crippen MR) is 135 cm³/mol. The molecule has 7 nitrogen and oxygen atoms in total. The van der Waals surface area contributed by atoms with Crippen LogP contribution in [0.25, 0.3) is 11.1 Å². The van der Waals surface area contributed by atoms with Crippen LogP contribution in [0.2, 0.25) is 0 Å². The summed E-state index contributed by atoms with van der Waals surface area (Å²) in [4.78, 5) is 24.6. The lowest BCUT2D eigenvalue weighted by Crippen LogP contribution is -2.42. The predicted octanol–water partition coefficient (Wildman–Crippen LogP) is 4.55. The molecule has 4 aromatic rings. The number of hydrogen-bond acceptors (Lipinski definition) is 5. The molecule has 4 rings (SSSR count). The summed E-state index contributed by atoms with van der Waals surface area (Å²) in [6.07, 6.45) is -0.0908. The molecule has 0 aliphatic rings. The summed E-state index contributed by atoms with van der Waals surface area (Å²) in [7, 11) is -4.01. The fourth-order valence-electron chi connectivity index (χ4n) is 3.66. The van der Waals surface area contributed by atoms with Crippen LogP contribution in [0.1, 0.15) is 15.9 Å². The first-order valence-electron chi connectivity index (χ1n) is 11.1. The van der Waals surface area contributed by atoms with Crippen molar-refractivity contribution in [3.63, 3.8) is 0 Å². The minimum absolute atomic E-state index is 0.0192. The van der Waals surface area contributed by atoms with Gasteiger partial charge in [0.1, 0.15) is 11.8 Å². The quantitative estimate of drug-likeness (QED) is 0.257. The Morgan fingerprint density at radius 2 is 1.36 bits per heavy atom. The molecule has 1 atom stereocenters. The Balaban J connectivity index is 1.46. The zero-order chi connectivity index (χ0) is 25.5. The Bertz CT molecular complexity index is 1450. The minimum atomic E-state index is -4.01. The zero-order valence-corrected chi connectivity index (χ0v) is 19.9. The first-order valence-corrected chi connectivity index (χ1v) is 12.6. The van der Waals surface area contributed by atoms with Gasteiger partial charge >= 0.3 is 11.9 Å². The molecule has 0 fully saturated rings. The number of benzene rings is 4. The van der Waals surface area contributed by atoms with Crippen LogP contribution in [0.15, 0.2) is 114 Å². The first kappa shape index (κ1) is 24.8. The number of nitrogens with one attached hydrogen (secondary N) is 1.